The minimum absolute atomic E-state index is 0.0432. The van der Waals surface area contributed by atoms with E-state index in [1.54, 1.807) is 6.92 Å². The summed E-state index contributed by atoms with van der Waals surface area (Å²) in [5.41, 5.74) is 0. The zero-order valence-electron chi connectivity index (χ0n) is 15.6. The van der Waals surface area contributed by atoms with Crippen molar-refractivity contribution in [3.63, 3.8) is 0 Å². The zero-order valence-corrected chi connectivity index (χ0v) is 15.6. The number of hydrogen-bond donors (Lipinski definition) is 1. The highest BCUT2D eigenvalue weighted by atomic mass is 16.1. The lowest BCUT2D eigenvalue weighted by Crippen LogP contribution is -2.62. The molecular formula is C19H36N3O+. The molecule has 0 fully saturated rings. The largest absolute Gasteiger partial charge is 0.307 e. The molecule has 0 aromatic heterocycles. The second-order valence-electron chi connectivity index (χ2n) is 6.61. The maximum atomic E-state index is 11.4. The lowest BCUT2D eigenvalue weighted by molar-refractivity contribution is -0.861. The first-order valence-electron chi connectivity index (χ1n) is 9.39. The first-order valence-corrected chi connectivity index (χ1v) is 9.39. The molecule has 1 rings (SSSR count). The number of unbranched alkanes of at least 4 members (excludes halogenated alkanes) is 4. The van der Waals surface area contributed by atoms with Crippen LogP contribution in [0.25, 0.3) is 0 Å². The van der Waals surface area contributed by atoms with Gasteiger partial charge >= 0.3 is 0 Å². The van der Waals surface area contributed by atoms with Crippen LogP contribution in [0.4, 0.5) is 0 Å². The van der Waals surface area contributed by atoms with Crippen molar-refractivity contribution in [2.45, 2.75) is 78.8 Å². The summed E-state index contributed by atoms with van der Waals surface area (Å²) in [6.07, 6.45) is 13.3. The van der Waals surface area contributed by atoms with Crippen LogP contribution < -0.4 is 5.32 Å². The number of nitrogens with zero attached hydrogens (tertiary/aromatic N) is 2. The monoisotopic (exact) mass is 322 g/mol. The Balaban J connectivity index is 2.45. The van der Waals surface area contributed by atoms with Gasteiger partial charge in [-0.15, -0.1) is 0 Å². The second kappa shape index (κ2) is 10.6. The van der Waals surface area contributed by atoms with Gasteiger partial charge < -0.3 is 5.32 Å². The Bertz CT molecular complexity index is 417. The van der Waals surface area contributed by atoms with Crippen molar-refractivity contribution in [1.29, 1.82) is 0 Å². The number of aliphatic imine (C=N–C) groups is 1. The zero-order chi connectivity index (χ0) is 17.1. The fraction of sp³-hybridized carbons (Fsp3) is 0.789. The van der Waals surface area contributed by atoms with Crippen LogP contribution in [0.2, 0.25) is 0 Å². The number of amidine groups is 1. The molecule has 0 bridgehead atoms. The minimum atomic E-state index is 0.0432. The summed E-state index contributed by atoms with van der Waals surface area (Å²) in [6.45, 7) is 11.0. The number of allylic oxidation sites excluding steroid dienone is 2. The average Bonchev–Trinajstić information content (AvgIpc) is 2.93. The Labute approximate surface area is 142 Å². The van der Waals surface area contributed by atoms with Crippen molar-refractivity contribution in [2.24, 2.45) is 4.99 Å². The number of nitrogens with one attached hydrogen (secondary N) is 1. The normalized spacial score (nSPS) is 22.3. The maximum absolute atomic E-state index is 11.4. The van der Waals surface area contributed by atoms with Crippen molar-refractivity contribution >= 4 is 11.7 Å². The highest BCUT2D eigenvalue weighted by Crippen LogP contribution is 2.22. The van der Waals surface area contributed by atoms with Gasteiger partial charge in [-0.25, -0.2) is 4.99 Å². The van der Waals surface area contributed by atoms with Crippen LogP contribution in [0.5, 0.6) is 0 Å². The Morgan fingerprint density at radius 1 is 1.26 bits per heavy atom. The molecule has 1 aliphatic rings. The van der Waals surface area contributed by atoms with Crippen LogP contribution in [0, 0.1) is 0 Å². The molecule has 0 aliphatic carbocycles. The highest BCUT2D eigenvalue weighted by molar-refractivity contribution is 5.78. The molecule has 0 radical (unpaired) electrons. The van der Waals surface area contributed by atoms with Crippen LogP contribution in [-0.2, 0) is 4.79 Å². The topological polar surface area (TPSA) is 41.5 Å². The molecule has 132 valence electrons. The first-order chi connectivity index (χ1) is 11.1. The quantitative estimate of drug-likeness (QED) is 0.348. The molecule has 1 heterocycles. The average molecular weight is 323 g/mol. The molecule has 0 aromatic rings. The Morgan fingerprint density at radius 3 is 2.65 bits per heavy atom. The van der Waals surface area contributed by atoms with E-state index in [1.807, 2.05) is 0 Å². The van der Waals surface area contributed by atoms with Crippen molar-refractivity contribution in [1.82, 2.24) is 5.32 Å². The molecule has 1 aliphatic heterocycles. The smallest absolute Gasteiger partial charge is 0.221 e. The van der Waals surface area contributed by atoms with E-state index >= 15 is 0 Å². The van der Waals surface area contributed by atoms with Gasteiger partial charge in [0.15, 0.2) is 12.0 Å². The molecule has 1 N–H and O–H groups in total. The minimum Gasteiger partial charge on any atom is -0.307 e. The number of hydrogen-bond acceptors (Lipinski definition) is 2. The van der Waals surface area contributed by atoms with Gasteiger partial charge in [0.25, 0.3) is 0 Å². The van der Waals surface area contributed by atoms with Gasteiger partial charge in [-0.2, -0.15) is 0 Å². The molecule has 0 saturated heterocycles. The lowest BCUT2D eigenvalue weighted by atomic mass is 10.1. The Kier molecular flexibility index (Phi) is 9.15. The third-order valence-electron chi connectivity index (χ3n) is 4.95. The Morgan fingerprint density at radius 2 is 2.00 bits per heavy atom. The van der Waals surface area contributed by atoms with E-state index in [1.165, 1.54) is 37.9 Å². The summed E-state index contributed by atoms with van der Waals surface area (Å²) in [5, 5.41) is 3.07. The van der Waals surface area contributed by atoms with E-state index in [9.17, 15) is 4.79 Å². The van der Waals surface area contributed by atoms with E-state index in [0.717, 1.165) is 37.0 Å². The van der Waals surface area contributed by atoms with Crippen molar-refractivity contribution in [2.75, 3.05) is 19.6 Å². The van der Waals surface area contributed by atoms with Crippen molar-refractivity contribution in [3.8, 4) is 0 Å². The maximum Gasteiger partial charge on any atom is 0.221 e. The Hall–Kier alpha value is -1.16. The predicted molar refractivity (Wildman–Crippen MR) is 98.4 cm³/mol. The molecule has 0 aromatic carbocycles. The fourth-order valence-corrected chi connectivity index (χ4v) is 3.52. The van der Waals surface area contributed by atoms with E-state index in [4.69, 9.17) is 4.99 Å². The third kappa shape index (κ3) is 6.09. The van der Waals surface area contributed by atoms with Gasteiger partial charge in [-0.05, 0) is 26.2 Å². The summed E-state index contributed by atoms with van der Waals surface area (Å²) < 4.78 is 0.823. The molecular weight excluding hydrogens is 286 g/mol. The van der Waals surface area contributed by atoms with E-state index in [2.05, 4.69) is 38.2 Å². The van der Waals surface area contributed by atoms with E-state index in [-0.39, 0.29) is 12.1 Å². The van der Waals surface area contributed by atoms with Gasteiger partial charge in [0.05, 0.1) is 13.1 Å². The molecule has 4 nitrogen and oxygen atoms in total. The summed E-state index contributed by atoms with van der Waals surface area (Å²) in [6, 6.07) is 0. The number of carbonyl (C=O) groups excluding carboxylic acids is 1. The molecule has 2 atom stereocenters. The highest BCUT2D eigenvalue weighted by Gasteiger charge is 2.41. The van der Waals surface area contributed by atoms with Crippen molar-refractivity contribution in [3.05, 3.63) is 12.2 Å². The summed E-state index contributed by atoms with van der Waals surface area (Å²) in [5.74, 6) is 1.30. The molecule has 0 saturated carbocycles. The van der Waals surface area contributed by atoms with Crippen LogP contribution in [0.3, 0.4) is 0 Å². The SMILES string of the molecule is CCCCCC/C=C/CCC1=NCC[N+]1(CC)C(C)NC(C)=O. The van der Waals surface area contributed by atoms with Crippen molar-refractivity contribution < 1.29 is 9.28 Å². The lowest BCUT2D eigenvalue weighted by Gasteiger charge is -2.39. The van der Waals surface area contributed by atoms with E-state index in [0.29, 0.717) is 0 Å². The standard InChI is InChI=1S/C19H35N3O/c1-5-7-8-9-10-11-12-13-14-19-20-15-16-22(19,6-2)17(3)21-18(4)23/h11-12,17H,5-10,13-16H2,1-4H3/p+1/b12-11+. The van der Waals surface area contributed by atoms with Gasteiger partial charge in [-0.1, -0.05) is 38.3 Å². The van der Waals surface area contributed by atoms with Gasteiger partial charge in [-0.3, -0.25) is 9.28 Å². The van der Waals surface area contributed by atoms with Gasteiger partial charge in [0.1, 0.15) is 6.54 Å². The van der Waals surface area contributed by atoms with Crippen LogP contribution >= 0.6 is 0 Å². The number of rotatable bonds is 11. The molecule has 23 heavy (non-hydrogen) atoms. The van der Waals surface area contributed by atoms with E-state index < -0.39 is 0 Å². The summed E-state index contributed by atoms with van der Waals surface area (Å²) >= 11 is 0. The predicted octanol–water partition coefficient (Wildman–Crippen LogP) is 4.02. The summed E-state index contributed by atoms with van der Waals surface area (Å²) in [4.78, 5) is 16.2. The van der Waals surface area contributed by atoms with Crippen LogP contribution in [0.15, 0.2) is 17.1 Å². The molecule has 4 heteroatoms. The number of quaternary nitrogens is 1. The fourth-order valence-electron chi connectivity index (χ4n) is 3.52. The third-order valence-corrected chi connectivity index (χ3v) is 4.95. The molecule has 0 spiro atoms. The van der Waals surface area contributed by atoms with Crippen LogP contribution in [0.1, 0.15) is 72.6 Å². The van der Waals surface area contributed by atoms with Gasteiger partial charge in [0.2, 0.25) is 5.91 Å². The van der Waals surface area contributed by atoms with Gasteiger partial charge in [0, 0.05) is 20.3 Å². The number of amides is 1. The van der Waals surface area contributed by atoms with Crippen LogP contribution in [-0.4, -0.2) is 42.0 Å². The second-order valence-corrected chi connectivity index (χ2v) is 6.61. The number of likely N-dealkylation sites (N-methyl/N-ethyl adjacent to an activating group) is 1. The number of carbonyl (C=O) groups is 1. The molecule has 1 amide bonds. The first kappa shape index (κ1) is 19.9. The summed E-state index contributed by atoms with van der Waals surface area (Å²) in [7, 11) is 0. The molecule has 2 unspecified atom stereocenters.